The first-order valence-corrected chi connectivity index (χ1v) is 14.0. The number of nitrogens with zero attached hydrogens (tertiary/aromatic N) is 3. The Kier molecular flexibility index (Phi) is 8.65. The summed E-state index contributed by atoms with van der Waals surface area (Å²) >= 11 is 0. The Labute approximate surface area is 245 Å². The predicted molar refractivity (Wildman–Crippen MR) is 160 cm³/mol. The first-order chi connectivity index (χ1) is 19.6. The Balaban J connectivity index is 1.60. The van der Waals surface area contributed by atoms with Crippen LogP contribution in [0.1, 0.15) is 70.8 Å². The van der Waals surface area contributed by atoms with E-state index in [1.54, 1.807) is 45.4 Å². The van der Waals surface area contributed by atoms with Crippen molar-refractivity contribution in [1.29, 1.82) is 0 Å². The zero-order chi connectivity index (χ0) is 30.8. The van der Waals surface area contributed by atoms with Crippen LogP contribution < -0.4 is 20.9 Å². The van der Waals surface area contributed by atoms with E-state index in [1.807, 2.05) is 33.8 Å². The molecule has 0 bridgehead atoms. The highest BCUT2D eigenvalue weighted by atomic mass is 16.6. The number of fused-ring (bicyclic) bond motifs is 1. The average molecular weight is 581 g/mol. The molecule has 3 aromatic rings. The third kappa shape index (κ3) is 7.89. The van der Waals surface area contributed by atoms with Crippen LogP contribution in [0.25, 0.3) is 11.1 Å². The van der Waals surface area contributed by atoms with Gasteiger partial charge in [0.05, 0.1) is 17.6 Å². The van der Waals surface area contributed by atoms with Crippen LogP contribution in [-0.4, -0.2) is 58.4 Å². The molecule has 0 aromatic carbocycles. The van der Waals surface area contributed by atoms with Gasteiger partial charge in [0, 0.05) is 31.5 Å². The van der Waals surface area contributed by atoms with E-state index >= 15 is 0 Å². The normalized spacial score (nSPS) is 17.5. The Morgan fingerprint density at radius 1 is 1.00 bits per heavy atom. The molecular formula is C30H40N6O6. The Hall–Kier alpha value is -4.35. The van der Waals surface area contributed by atoms with Crippen molar-refractivity contribution >= 4 is 46.5 Å². The second-order valence-electron chi connectivity index (χ2n) is 12.7. The van der Waals surface area contributed by atoms with Gasteiger partial charge in [0.1, 0.15) is 22.3 Å². The summed E-state index contributed by atoms with van der Waals surface area (Å²) < 4.78 is 16.7. The van der Waals surface area contributed by atoms with Gasteiger partial charge in [-0.3, -0.25) is 20.1 Å². The number of aromatic nitrogens is 2. The molecule has 1 unspecified atom stereocenters. The SMILES string of the molecule is Cc1cnc2c(C(=O)Nc3cnccc3N3CC(NC(=O)OC(C)(C)C)C[C@@H](C)C3)c(NC(=O)OC(C)(C)C)oc2c1. The zero-order valence-electron chi connectivity index (χ0n) is 25.5. The highest BCUT2D eigenvalue weighted by molar-refractivity contribution is 6.16. The van der Waals surface area contributed by atoms with Crippen LogP contribution >= 0.6 is 0 Å². The highest BCUT2D eigenvalue weighted by Crippen LogP contribution is 2.33. The topological polar surface area (TPSA) is 148 Å². The van der Waals surface area contributed by atoms with E-state index in [9.17, 15) is 14.4 Å². The van der Waals surface area contributed by atoms with Gasteiger partial charge in [-0.15, -0.1) is 0 Å². The van der Waals surface area contributed by atoms with Gasteiger partial charge in [0.25, 0.3) is 5.91 Å². The fourth-order valence-corrected chi connectivity index (χ4v) is 4.84. The maximum atomic E-state index is 13.8. The van der Waals surface area contributed by atoms with Gasteiger partial charge >= 0.3 is 12.2 Å². The quantitative estimate of drug-likeness (QED) is 0.337. The number of hydrogen-bond donors (Lipinski definition) is 3. The van der Waals surface area contributed by atoms with Crippen molar-refractivity contribution < 1.29 is 28.3 Å². The summed E-state index contributed by atoms with van der Waals surface area (Å²) in [5.41, 5.74) is 1.37. The lowest BCUT2D eigenvalue weighted by atomic mass is 9.95. The molecule has 12 heteroatoms. The fourth-order valence-electron chi connectivity index (χ4n) is 4.84. The van der Waals surface area contributed by atoms with Gasteiger partial charge in [-0.25, -0.2) is 9.59 Å². The monoisotopic (exact) mass is 580 g/mol. The molecule has 1 aliphatic heterocycles. The van der Waals surface area contributed by atoms with E-state index in [2.05, 4.69) is 37.7 Å². The molecule has 3 aromatic heterocycles. The number of ether oxygens (including phenoxy) is 2. The Morgan fingerprint density at radius 2 is 1.69 bits per heavy atom. The number of pyridine rings is 2. The standard InChI is InChI=1S/C30H40N6O6/c1-17-12-22-24(32-13-17)23(26(40-22)35-28(39)42-30(6,7)8)25(37)34-20-14-31-10-9-21(20)36-15-18(2)11-19(16-36)33-27(38)41-29(3,4)5/h9-10,12-14,18-19H,11,15-16H2,1-8H3,(H,33,38)(H,34,37)(H,35,39)/t18-,19?/m1/s1. The lowest BCUT2D eigenvalue weighted by Crippen LogP contribution is -2.51. The summed E-state index contributed by atoms with van der Waals surface area (Å²) in [6.45, 7) is 15.9. The van der Waals surface area contributed by atoms with Crippen molar-refractivity contribution in [3.63, 3.8) is 0 Å². The van der Waals surface area contributed by atoms with Crippen molar-refractivity contribution in [2.45, 2.75) is 79.1 Å². The molecule has 0 aliphatic carbocycles. The molecule has 4 heterocycles. The molecule has 12 nitrogen and oxygen atoms in total. The first kappa shape index (κ1) is 30.6. The summed E-state index contributed by atoms with van der Waals surface area (Å²) in [6.07, 6.45) is 4.38. The number of rotatable bonds is 5. The largest absolute Gasteiger partial charge is 0.444 e. The molecule has 0 saturated carbocycles. The van der Waals surface area contributed by atoms with E-state index in [1.165, 1.54) is 0 Å². The molecule has 226 valence electrons. The highest BCUT2D eigenvalue weighted by Gasteiger charge is 2.31. The minimum absolute atomic E-state index is 0.0575. The molecule has 1 fully saturated rings. The van der Waals surface area contributed by atoms with Gasteiger partial charge in [0.2, 0.25) is 5.88 Å². The molecular weight excluding hydrogens is 540 g/mol. The van der Waals surface area contributed by atoms with Gasteiger partial charge in [-0.1, -0.05) is 6.92 Å². The number of carbonyl (C=O) groups is 3. The summed E-state index contributed by atoms with van der Waals surface area (Å²) in [6, 6.07) is 3.39. The van der Waals surface area contributed by atoms with Crippen molar-refractivity contribution in [3.05, 3.63) is 41.9 Å². The third-order valence-corrected chi connectivity index (χ3v) is 6.27. The van der Waals surface area contributed by atoms with Crippen LogP contribution in [-0.2, 0) is 9.47 Å². The second kappa shape index (κ2) is 11.9. The predicted octanol–water partition coefficient (Wildman–Crippen LogP) is 5.87. The average Bonchev–Trinajstić information content (AvgIpc) is 3.18. The number of furan rings is 1. The van der Waals surface area contributed by atoms with Gasteiger partial charge < -0.3 is 29.4 Å². The van der Waals surface area contributed by atoms with Crippen LogP contribution in [0.2, 0.25) is 0 Å². The fraction of sp³-hybridized carbons (Fsp3) is 0.500. The minimum Gasteiger partial charge on any atom is -0.444 e. The molecule has 2 atom stereocenters. The minimum atomic E-state index is -0.764. The third-order valence-electron chi connectivity index (χ3n) is 6.27. The molecule has 0 spiro atoms. The molecule has 1 aliphatic rings. The summed E-state index contributed by atoms with van der Waals surface area (Å²) in [4.78, 5) is 49.6. The van der Waals surface area contributed by atoms with Crippen LogP contribution in [0.4, 0.5) is 26.8 Å². The maximum Gasteiger partial charge on any atom is 0.414 e. The zero-order valence-corrected chi connectivity index (χ0v) is 25.5. The number of carbonyl (C=O) groups excluding carboxylic acids is 3. The number of amides is 3. The van der Waals surface area contributed by atoms with Crippen molar-refractivity contribution in [2.75, 3.05) is 28.6 Å². The second-order valence-corrected chi connectivity index (χ2v) is 12.7. The Morgan fingerprint density at radius 3 is 2.38 bits per heavy atom. The van der Waals surface area contributed by atoms with Crippen LogP contribution in [0.3, 0.4) is 0 Å². The Bertz CT molecular complexity index is 1470. The summed E-state index contributed by atoms with van der Waals surface area (Å²) in [7, 11) is 0. The van der Waals surface area contributed by atoms with Crippen molar-refractivity contribution in [3.8, 4) is 0 Å². The van der Waals surface area contributed by atoms with E-state index in [-0.39, 0.29) is 23.4 Å². The number of piperidine rings is 1. The summed E-state index contributed by atoms with van der Waals surface area (Å²) in [5, 5.41) is 8.47. The number of alkyl carbamates (subject to hydrolysis) is 1. The lowest BCUT2D eigenvalue weighted by Gasteiger charge is -2.39. The van der Waals surface area contributed by atoms with Crippen molar-refractivity contribution in [2.24, 2.45) is 5.92 Å². The van der Waals surface area contributed by atoms with Gasteiger partial charge in [-0.05, 0) is 78.5 Å². The van der Waals surface area contributed by atoms with Crippen LogP contribution in [0.5, 0.6) is 0 Å². The smallest absolute Gasteiger partial charge is 0.414 e. The molecule has 3 N–H and O–H groups in total. The van der Waals surface area contributed by atoms with E-state index in [0.29, 0.717) is 29.9 Å². The van der Waals surface area contributed by atoms with E-state index < -0.39 is 29.3 Å². The molecule has 1 saturated heterocycles. The number of anilines is 3. The number of aryl methyl sites for hydroxylation is 1. The lowest BCUT2D eigenvalue weighted by molar-refractivity contribution is 0.0494. The molecule has 3 amide bonds. The molecule has 4 rings (SSSR count). The van der Waals surface area contributed by atoms with Crippen molar-refractivity contribution in [1.82, 2.24) is 15.3 Å². The van der Waals surface area contributed by atoms with E-state index in [4.69, 9.17) is 13.9 Å². The molecule has 0 radical (unpaired) electrons. The maximum absolute atomic E-state index is 13.8. The summed E-state index contributed by atoms with van der Waals surface area (Å²) in [5.74, 6) is -0.363. The number of hydrogen-bond acceptors (Lipinski definition) is 9. The van der Waals surface area contributed by atoms with Gasteiger partial charge in [0.15, 0.2) is 5.58 Å². The van der Waals surface area contributed by atoms with Gasteiger partial charge in [-0.2, -0.15) is 0 Å². The first-order valence-electron chi connectivity index (χ1n) is 14.0. The van der Waals surface area contributed by atoms with Crippen LogP contribution in [0.15, 0.2) is 35.1 Å². The van der Waals surface area contributed by atoms with Crippen LogP contribution in [0, 0.1) is 12.8 Å². The number of nitrogens with one attached hydrogen (secondary N) is 3. The van der Waals surface area contributed by atoms with E-state index in [0.717, 1.165) is 17.7 Å². The molecule has 42 heavy (non-hydrogen) atoms.